The normalized spacial score (nSPS) is 12.8. The Morgan fingerprint density at radius 3 is 0.792 bits per heavy atom. The van der Waals surface area contributed by atoms with Crippen molar-refractivity contribution < 1.29 is 28.6 Å². The van der Waals surface area contributed by atoms with Crippen molar-refractivity contribution in [1.29, 1.82) is 0 Å². The maximum Gasteiger partial charge on any atom is 0.306 e. The van der Waals surface area contributed by atoms with Gasteiger partial charge < -0.3 is 14.2 Å². The molecule has 0 saturated carbocycles. The summed E-state index contributed by atoms with van der Waals surface area (Å²) in [7, 11) is 0. The highest BCUT2D eigenvalue weighted by Gasteiger charge is 2.19. The SMILES string of the molecule is CC/C=C\C/C=C\C/C=C\C/C=C\C/C=C\C/C=C\CCCCCCCCCCCCCCC(=O)OCC(COC(=O)CCCCCCC)OC(=O)CCCCCCCCCC/C=C\C/C=C\C/C=C\CCCCCCC. The third-order valence-electron chi connectivity index (χ3n) is 13.8. The van der Waals surface area contributed by atoms with Crippen molar-refractivity contribution in [2.75, 3.05) is 13.2 Å². The first-order valence-corrected chi connectivity index (χ1v) is 32.4. The molecular formula is C71H120O6. The molecule has 0 heterocycles. The third kappa shape index (κ3) is 62.8. The number of allylic oxidation sites excluding steroid dienone is 18. The molecular weight excluding hydrogens is 949 g/mol. The molecule has 0 rings (SSSR count). The molecule has 0 saturated heterocycles. The van der Waals surface area contributed by atoms with Gasteiger partial charge in [0.1, 0.15) is 13.2 Å². The molecule has 0 N–H and O–H groups in total. The largest absolute Gasteiger partial charge is 0.462 e. The Kier molecular flexibility index (Phi) is 61.3. The van der Waals surface area contributed by atoms with Gasteiger partial charge in [-0.2, -0.15) is 0 Å². The van der Waals surface area contributed by atoms with E-state index in [2.05, 4.69) is 130 Å². The molecule has 0 amide bonds. The smallest absolute Gasteiger partial charge is 0.306 e. The predicted octanol–water partition coefficient (Wildman–Crippen LogP) is 22.2. The number of hydrogen-bond donors (Lipinski definition) is 0. The third-order valence-corrected chi connectivity index (χ3v) is 13.8. The van der Waals surface area contributed by atoms with E-state index < -0.39 is 6.10 Å². The van der Waals surface area contributed by atoms with Crippen molar-refractivity contribution >= 4 is 17.9 Å². The minimum atomic E-state index is -0.780. The van der Waals surface area contributed by atoms with Crippen LogP contribution in [0.1, 0.15) is 303 Å². The highest BCUT2D eigenvalue weighted by atomic mass is 16.6. The number of rotatable bonds is 58. The molecule has 440 valence electrons. The van der Waals surface area contributed by atoms with E-state index in [0.717, 1.165) is 122 Å². The fourth-order valence-electron chi connectivity index (χ4n) is 8.92. The van der Waals surface area contributed by atoms with Gasteiger partial charge in [-0.3, -0.25) is 14.4 Å². The molecule has 6 heteroatoms. The van der Waals surface area contributed by atoms with E-state index in [0.29, 0.717) is 19.3 Å². The maximum absolute atomic E-state index is 12.8. The monoisotopic (exact) mass is 1070 g/mol. The van der Waals surface area contributed by atoms with E-state index >= 15 is 0 Å². The summed E-state index contributed by atoms with van der Waals surface area (Å²) in [5.41, 5.74) is 0. The van der Waals surface area contributed by atoms with Crippen molar-refractivity contribution in [1.82, 2.24) is 0 Å². The van der Waals surface area contributed by atoms with E-state index in [1.807, 2.05) is 0 Å². The number of ether oxygens (including phenoxy) is 3. The lowest BCUT2D eigenvalue weighted by Crippen LogP contribution is -2.30. The lowest BCUT2D eigenvalue weighted by atomic mass is 10.0. The standard InChI is InChI=1S/C71H120O6/c1-4-7-10-13-15-17-19-21-23-25-27-29-31-32-33-34-35-36-37-38-40-41-43-45-47-49-51-53-55-58-61-64-70(73)76-67-68(66-75-69(72)63-60-57-12-9-6-3)77-71(74)65-62-59-56-54-52-50-48-46-44-42-39-30-28-26-24-22-20-18-16-14-11-8-5-2/h7,10,15,17,20-23,26-29,32-33,35-36,39,42,68H,4-6,8-9,11-14,16,18-19,24-25,30-31,34,37-38,40-41,43-67H2,1-3H3/b10-7-,17-15-,22-20-,23-21-,28-26-,29-27-,33-32-,36-35-,42-39-. The van der Waals surface area contributed by atoms with E-state index in [1.165, 1.54) is 141 Å². The zero-order chi connectivity index (χ0) is 55.7. The summed E-state index contributed by atoms with van der Waals surface area (Å²) < 4.78 is 16.8. The molecule has 1 atom stereocenters. The molecule has 0 aliphatic heterocycles. The quantitative estimate of drug-likeness (QED) is 0.0261. The lowest BCUT2D eigenvalue weighted by molar-refractivity contribution is -0.167. The van der Waals surface area contributed by atoms with Crippen molar-refractivity contribution in [3.8, 4) is 0 Å². The molecule has 0 aliphatic rings. The van der Waals surface area contributed by atoms with Crippen molar-refractivity contribution in [2.24, 2.45) is 0 Å². The Labute approximate surface area is 476 Å². The summed E-state index contributed by atoms with van der Waals surface area (Å²) >= 11 is 0. The van der Waals surface area contributed by atoms with Crippen molar-refractivity contribution in [2.45, 2.75) is 309 Å². The zero-order valence-corrected chi connectivity index (χ0v) is 50.4. The average Bonchev–Trinajstić information content (AvgIpc) is 3.43. The van der Waals surface area contributed by atoms with Gasteiger partial charge in [0, 0.05) is 19.3 Å². The molecule has 0 aromatic rings. The predicted molar refractivity (Wildman–Crippen MR) is 334 cm³/mol. The molecule has 6 nitrogen and oxygen atoms in total. The molecule has 0 aromatic heterocycles. The summed E-state index contributed by atoms with van der Waals surface area (Å²) in [5.74, 6) is -0.898. The Morgan fingerprint density at radius 1 is 0.273 bits per heavy atom. The van der Waals surface area contributed by atoms with Gasteiger partial charge in [-0.05, 0) is 109 Å². The Hall–Kier alpha value is -3.93. The van der Waals surface area contributed by atoms with Crippen LogP contribution in [0.3, 0.4) is 0 Å². The first kappa shape index (κ1) is 73.1. The first-order valence-electron chi connectivity index (χ1n) is 32.4. The number of carbonyl (C=O) groups is 3. The van der Waals surface area contributed by atoms with Gasteiger partial charge in [0.05, 0.1) is 0 Å². The van der Waals surface area contributed by atoms with Crippen LogP contribution in [0.2, 0.25) is 0 Å². The molecule has 0 fully saturated rings. The molecule has 0 radical (unpaired) electrons. The second-order valence-corrected chi connectivity index (χ2v) is 21.3. The van der Waals surface area contributed by atoms with E-state index in [1.54, 1.807) is 0 Å². The van der Waals surface area contributed by atoms with Gasteiger partial charge in [-0.25, -0.2) is 0 Å². The fraction of sp³-hybridized carbons (Fsp3) is 0.704. The van der Waals surface area contributed by atoms with E-state index in [4.69, 9.17) is 14.2 Å². The molecule has 0 aliphatic carbocycles. The lowest BCUT2D eigenvalue weighted by Gasteiger charge is -2.18. The summed E-state index contributed by atoms with van der Waals surface area (Å²) in [6.45, 7) is 6.44. The zero-order valence-electron chi connectivity index (χ0n) is 50.4. The number of unbranched alkanes of at least 4 members (excludes halogenated alkanes) is 29. The molecule has 0 bridgehead atoms. The second kappa shape index (κ2) is 64.6. The van der Waals surface area contributed by atoms with Gasteiger partial charge in [0.2, 0.25) is 0 Å². The van der Waals surface area contributed by atoms with Crippen molar-refractivity contribution in [3.63, 3.8) is 0 Å². The van der Waals surface area contributed by atoms with Crippen LogP contribution < -0.4 is 0 Å². The van der Waals surface area contributed by atoms with Crippen molar-refractivity contribution in [3.05, 3.63) is 109 Å². The fourth-order valence-corrected chi connectivity index (χ4v) is 8.92. The molecule has 1 unspecified atom stereocenters. The second-order valence-electron chi connectivity index (χ2n) is 21.3. The molecule has 77 heavy (non-hydrogen) atoms. The summed E-state index contributed by atoms with van der Waals surface area (Å²) in [4.78, 5) is 37.9. The van der Waals surface area contributed by atoms with Crippen LogP contribution in [0.5, 0.6) is 0 Å². The van der Waals surface area contributed by atoms with E-state index in [9.17, 15) is 14.4 Å². The Morgan fingerprint density at radius 2 is 0.506 bits per heavy atom. The number of esters is 3. The van der Waals surface area contributed by atoms with Crippen LogP contribution in [0, 0.1) is 0 Å². The molecule has 0 aromatic carbocycles. The minimum Gasteiger partial charge on any atom is -0.462 e. The molecule has 0 spiro atoms. The Bertz CT molecular complexity index is 1560. The average molecular weight is 1070 g/mol. The maximum atomic E-state index is 12.8. The van der Waals surface area contributed by atoms with Crippen LogP contribution >= 0.6 is 0 Å². The van der Waals surface area contributed by atoms with Crippen LogP contribution in [0.25, 0.3) is 0 Å². The van der Waals surface area contributed by atoms with E-state index in [-0.39, 0.29) is 31.1 Å². The minimum absolute atomic E-state index is 0.0814. The van der Waals surface area contributed by atoms with Gasteiger partial charge in [-0.1, -0.05) is 284 Å². The highest BCUT2D eigenvalue weighted by Crippen LogP contribution is 2.16. The number of hydrogen-bond acceptors (Lipinski definition) is 6. The summed E-state index contributed by atoms with van der Waals surface area (Å²) in [6, 6.07) is 0. The van der Waals surface area contributed by atoms with Crippen LogP contribution in [0.4, 0.5) is 0 Å². The Balaban J connectivity index is 4.05. The highest BCUT2D eigenvalue weighted by molar-refractivity contribution is 5.71. The summed E-state index contributed by atoms with van der Waals surface area (Å²) in [6.07, 6.45) is 88.6. The van der Waals surface area contributed by atoms with Gasteiger partial charge >= 0.3 is 17.9 Å². The van der Waals surface area contributed by atoms with Gasteiger partial charge in [0.15, 0.2) is 6.10 Å². The topological polar surface area (TPSA) is 78.9 Å². The van der Waals surface area contributed by atoms with Gasteiger partial charge in [0.25, 0.3) is 0 Å². The van der Waals surface area contributed by atoms with Gasteiger partial charge in [-0.15, -0.1) is 0 Å². The summed E-state index contributed by atoms with van der Waals surface area (Å²) in [5, 5.41) is 0. The van der Waals surface area contributed by atoms with Crippen LogP contribution in [-0.4, -0.2) is 37.2 Å². The van der Waals surface area contributed by atoms with Crippen LogP contribution in [0.15, 0.2) is 109 Å². The number of carbonyl (C=O) groups excluding carboxylic acids is 3. The van der Waals surface area contributed by atoms with Crippen LogP contribution in [-0.2, 0) is 28.6 Å². The first-order chi connectivity index (χ1) is 38.0.